The Kier molecular flexibility index (Phi) is 9.77. The number of aliphatic hydroxyl groups excluding tert-OH is 1. The number of rotatable bonds is 9. The maximum Gasteiger partial charge on any atom is 0.0890 e. The molecule has 0 saturated heterocycles. The monoisotopic (exact) mass is 408 g/mol. The van der Waals surface area contributed by atoms with E-state index in [1.807, 2.05) is 63.4 Å². The van der Waals surface area contributed by atoms with Crippen molar-refractivity contribution in [3.63, 3.8) is 0 Å². The summed E-state index contributed by atoms with van der Waals surface area (Å²) in [6, 6.07) is 0. The molecule has 4 N–H and O–H groups in total. The van der Waals surface area contributed by atoms with Crippen molar-refractivity contribution in [3.8, 4) is 0 Å². The summed E-state index contributed by atoms with van der Waals surface area (Å²) in [4.78, 5) is 4.76. The summed E-state index contributed by atoms with van der Waals surface area (Å²) in [6.45, 7) is 4.15. The highest BCUT2D eigenvalue weighted by Gasteiger charge is 2.16. The number of allylic oxidation sites excluding steroid dienone is 9. The number of aliphatic imine (C=N–C) groups is 1. The fourth-order valence-corrected chi connectivity index (χ4v) is 2.81. The molecule has 2 rings (SSSR count). The Bertz CT molecular complexity index is 854. The van der Waals surface area contributed by atoms with Crippen molar-refractivity contribution in [2.45, 2.75) is 32.8 Å². The van der Waals surface area contributed by atoms with E-state index in [-0.39, 0.29) is 12.7 Å². The van der Waals surface area contributed by atoms with Crippen molar-refractivity contribution in [1.29, 1.82) is 5.41 Å². The Balaban J connectivity index is 2.25. The van der Waals surface area contributed by atoms with Gasteiger partial charge in [0, 0.05) is 12.7 Å². The van der Waals surface area contributed by atoms with Crippen LogP contribution in [0.2, 0.25) is 0 Å². The molecule has 0 fully saturated rings. The van der Waals surface area contributed by atoms with E-state index >= 15 is 0 Å². The van der Waals surface area contributed by atoms with Gasteiger partial charge in [-0.25, -0.2) is 4.99 Å². The molecule has 2 aliphatic rings. The number of nitrogens with one attached hydrogen (secondary N) is 3. The van der Waals surface area contributed by atoms with Crippen molar-refractivity contribution < 1.29 is 9.84 Å². The SMILES string of the molecule is C/C=C(\C=C/C(C)OCCO)/N=C1/C=C(N/C2=C/C=C\CCC=C2)C(=N)C=C1NC. The Morgan fingerprint density at radius 2 is 2.10 bits per heavy atom. The highest BCUT2D eigenvalue weighted by Crippen LogP contribution is 2.15. The van der Waals surface area contributed by atoms with Crippen LogP contribution in [0.5, 0.6) is 0 Å². The van der Waals surface area contributed by atoms with Crippen molar-refractivity contribution in [2.75, 3.05) is 20.3 Å². The van der Waals surface area contributed by atoms with Gasteiger partial charge in [0.15, 0.2) is 0 Å². The normalized spacial score (nSPS) is 22.7. The molecule has 0 amide bonds. The van der Waals surface area contributed by atoms with Gasteiger partial charge in [0.25, 0.3) is 0 Å². The molecule has 2 aliphatic carbocycles. The van der Waals surface area contributed by atoms with Crippen LogP contribution >= 0.6 is 0 Å². The van der Waals surface area contributed by atoms with Gasteiger partial charge in [-0.15, -0.1) is 0 Å². The van der Waals surface area contributed by atoms with Gasteiger partial charge in [-0.05, 0) is 57.1 Å². The van der Waals surface area contributed by atoms with Crippen molar-refractivity contribution in [2.24, 2.45) is 4.99 Å². The van der Waals surface area contributed by atoms with Crippen molar-refractivity contribution in [3.05, 3.63) is 83.5 Å². The fraction of sp³-hybridized carbons (Fsp3) is 0.333. The zero-order valence-electron chi connectivity index (χ0n) is 18.0. The minimum absolute atomic E-state index is 0.00121. The van der Waals surface area contributed by atoms with Crippen LogP contribution in [0, 0.1) is 5.41 Å². The van der Waals surface area contributed by atoms with E-state index in [0.717, 1.165) is 35.6 Å². The lowest BCUT2D eigenvalue weighted by Gasteiger charge is -2.19. The van der Waals surface area contributed by atoms with Gasteiger partial charge in [0.2, 0.25) is 0 Å². The molecule has 0 bridgehead atoms. The van der Waals surface area contributed by atoms with Gasteiger partial charge in [-0.3, -0.25) is 5.41 Å². The lowest BCUT2D eigenvalue weighted by molar-refractivity contribution is 0.0641. The molecule has 0 heterocycles. The fourth-order valence-electron chi connectivity index (χ4n) is 2.81. The van der Waals surface area contributed by atoms with Crippen LogP contribution in [0.15, 0.2) is 88.5 Å². The standard InChI is InChI=1S/C24H32N4O2/c1-4-19(13-12-18(2)30-15-14-29)27-24-17-22(21(25)16-23(24)26-3)28-20-10-8-6-5-7-9-11-20/h4,6,8-13,16-18,25-26,28-29H,5,7,14-15H2,1-3H3/b8-6-,11-9?,13-12-,19-4+,20-10+,25-21?,27-24-. The Labute approximate surface area is 179 Å². The molecule has 6 heteroatoms. The first-order chi connectivity index (χ1) is 14.6. The topological polar surface area (TPSA) is 89.7 Å². The van der Waals surface area contributed by atoms with Crippen LogP contribution in [-0.2, 0) is 4.74 Å². The maximum absolute atomic E-state index is 8.87. The third-order valence-electron chi connectivity index (χ3n) is 4.45. The second kappa shape index (κ2) is 12.6. The summed E-state index contributed by atoms with van der Waals surface area (Å²) in [6.07, 6.45) is 21.6. The Morgan fingerprint density at radius 1 is 1.30 bits per heavy atom. The predicted molar refractivity (Wildman–Crippen MR) is 125 cm³/mol. The van der Waals surface area contributed by atoms with Gasteiger partial charge < -0.3 is 20.5 Å². The first-order valence-corrected chi connectivity index (χ1v) is 10.2. The van der Waals surface area contributed by atoms with E-state index in [0.29, 0.717) is 18.0 Å². The number of aliphatic hydroxyl groups is 1. The molecular weight excluding hydrogens is 376 g/mol. The van der Waals surface area contributed by atoms with E-state index in [1.54, 1.807) is 6.08 Å². The minimum Gasteiger partial charge on any atom is -0.394 e. The summed E-state index contributed by atoms with van der Waals surface area (Å²) < 4.78 is 5.45. The van der Waals surface area contributed by atoms with Crippen LogP contribution < -0.4 is 10.6 Å². The van der Waals surface area contributed by atoms with E-state index in [2.05, 4.69) is 22.8 Å². The zero-order valence-corrected chi connectivity index (χ0v) is 18.0. The van der Waals surface area contributed by atoms with Gasteiger partial charge in [-0.1, -0.05) is 30.4 Å². The van der Waals surface area contributed by atoms with Crippen LogP contribution in [0.3, 0.4) is 0 Å². The quantitative estimate of drug-likeness (QED) is 0.346. The number of ether oxygens (including phenoxy) is 1. The number of hydrogen-bond acceptors (Lipinski definition) is 6. The smallest absolute Gasteiger partial charge is 0.0890 e. The van der Waals surface area contributed by atoms with E-state index in [4.69, 9.17) is 20.2 Å². The first kappa shape index (κ1) is 23.3. The van der Waals surface area contributed by atoms with Crippen LogP contribution in [0.4, 0.5) is 0 Å². The van der Waals surface area contributed by atoms with Crippen molar-refractivity contribution >= 4 is 11.4 Å². The lowest BCUT2D eigenvalue weighted by atomic mass is 10.0. The molecular formula is C24H32N4O2. The van der Waals surface area contributed by atoms with Crippen molar-refractivity contribution in [1.82, 2.24) is 10.6 Å². The molecule has 0 saturated carbocycles. The molecule has 0 spiro atoms. The molecule has 6 nitrogen and oxygen atoms in total. The highest BCUT2D eigenvalue weighted by molar-refractivity contribution is 6.22. The highest BCUT2D eigenvalue weighted by atomic mass is 16.5. The second-order valence-electron chi connectivity index (χ2n) is 6.80. The molecule has 0 aliphatic heterocycles. The summed E-state index contributed by atoms with van der Waals surface area (Å²) in [5.74, 6) is 0. The zero-order chi connectivity index (χ0) is 21.8. The summed E-state index contributed by atoms with van der Waals surface area (Å²) >= 11 is 0. The average molecular weight is 409 g/mol. The third kappa shape index (κ3) is 7.46. The number of hydrogen-bond donors (Lipinski definition) is 4. The average Bonchev–Trinajstić information content (AvgIpc) is 2.72. The molecule has 1 atom stereocenters. The molecule has 160 valence electrons. The molecule has 1 unspecified atom stereocenters. The van der Waals surface area contributed by atoms with E-state index < -0.39 is 0 Å². The molecule has 30 heavy (non-hydrogen) atoms. The molecule has 0 aromatic heterocycles. The molecule has 0 radical (unpaired) electrons. The predicted octanol–water partition coefficient (Wildman–Crippen LogP) is 3.69. The van der Waals surface area contributed by atoms with Crippen LogP contribution in [-0.4, -0.2) is 42.9 Å². The molecule has 0 aromatic rings. The van der Waals surface area contributed by atoms with Gasteiger partial charge >= 0.3 is 0 Å². The second-order valence-corrected chi connectivity index (χ2v) is 6.80. The molecule has 0 aromatic carbocycles. The Hall–Kier alpha value is -2.96. The lowest BCUT2D eigenvalue weighted by Crippen LogP contribution is -2.27. The van der Waals surface area contributed by atoms with Crippen LogP contribution in [0.1, 0.15) is 26.7 Å². The third-order valence-corrected chi connectivity index (χ3v) is 4.45. The van der Waals surface area contributed by atoms with Gasteiger partial charge in [0.1, 0.15) is 0 Å². The Morgan fingerprint density at radius 3 is 2.83 bits per heavy atom. The summed E-state index contributed by atoms with van der Waals surface area (Å²) in [5.41, 5.74) is 4.32. The van der Waals surface area contributed by atoms with E-state index in [9.17, 15) is 0 Å². The largest absolute Gasteiger partial charge is 0.394 e. The summed E-state index contributed by atoms with van der Waals surface area (Å²) in [5, 5.41) is 23.7. The number of nitrogens with zero attached hydrogens (tertiary/aromatic N) is 1. The van der Waals surface area contributed by atoms with Gasteiger partial charge in [-0.2, -0.15) is 0 Å². The first-order valence-electron chi connectivity index (χ1n) is 10.2. The summed E-state index contributed by atoms with van der Waals surface area (Å²) in [7, 11) is 1.82. The van der Waals surface area contributed by atoms with Crippen LogP contribution in [0.25, 0.3) is 0 Å². The van der Waals surface area contributed by atoms with Gasteiger partial charge in [0.05, 0.1) is 47.8 Å². The maximum atomic E-state index is 8.87. The van der Waals surface area contributed by atoms with E-state index in [1.165, 1.54) is 0 Å². The minimum atomic E-state index is -0.120.